The number of likely N-dealkylation sites (tertiary alicyclic amines) is 1. The third kappa shape index (κ3) is 9.24. The summed E-state index contributed by atoms with van der Waals surface area (Å²) in [5, 5.41) is 14.3. The lowest BCUT2D eigenvalue weighted by Crippen LogP contribution is -2.67. The van der Waals surface area contributed by atoms with Crippen LogP contribution in [0.3, 0.4) is 0 Å². The number of hydrogen-bond donors (Lipinski definition) is 1. The van der Waals surface area contributed by atoms with Crippen molar-refractivity contribution in [2.24, 2.45) is 0 Å². The van der Waals surface area contributed by atoms with Crippen molar-refractivity contribution in [2.75, 3.05) is 41.3 Å². The normalized spacial score (nSPS) is 18.1. The Hall–Kier alpha value is -4.39. The predicted octanol–water partition coefficient (Wildman–Crippen LogP) is 7.22. The largest absolute Gasteiger partial charge is 0.496 e. The molecule has 1 aliphatic heterocycles. The molecular weight excluding hydrogens is 727 g/mol. The second kappa shape index (κ2) is 18.2. The van der Waals surface area contributed by atoms with Gasteiger partial charge < -0.3 is 38.0 Å². The van der Waals surface area contributed by atoms with Gasteiger partial charge in [-0.1, -0.05) is 112 Å². The predicted molar refractivity (Wildman–Crippen MR) is 221 cm³/mol. The minimum atomic E-state index is -3.15. The number of aliphatic hydroxyl groups excluding tert-OH is 1. The maximum Gasteiger partial charge on any atom is 0.410 e. The van der Waals surface area contributed by atoms with E-state index in [1.165, 1.54) is 0 Å². The summed E-state index contributed by atoms with van der Waals surface area (Å²) in [4.78, 5) is 15.9. The van der Waals surface area contributed by atoms with Crippen molar-refractivity contribution >= 4 is 24.8 Å². The summed E-state index contributed by atoms with van der Waals surface area (Å²) < 4.78 is 43.8. The van der Waals surface area contributed by atoms with Crippen LogP contribution >= 0.6 is 0 Å². The Labute approximate surface area is 333 Å². The highest BCUT2D eigenvalue weighted by Gasteiger charge is 2.54. The molecule has 0 spiro atoms. The Morgan fingerprint density at radius 1 is 0.839 bits per heavy atom. The summed E-state index contributed by atoms with van der Waals surface area (Å²) in [7, 11) is 1.56. The fraction of sp³-hybridized carbons (Fsp3) is 0.444. The average molecular weight is 786 g/mol. The molecule has 1 aliphatic rings. The first-order chi connectivity index (χ1) is 26.7. The van der Waals surface area contributed by atoms with Crippen molar-refractivity contribution in [3.8, 4) is 17.2 Å². The minimum Gasteiger partial charge on any atom is -0.496 e. The zero-order valence-electron chi connectivity index (χ0n) is 34.5. The van der Waals surface area contributed by atoms with E-state index in [0.717, 1.165) is 21.5 Å². The highest BCUT2D eigenvalue weighted by atomic mass is 28.4. The summed E-state index contributed by atoms with van der Waals surface area (Å²) in [5.41, 5.74) is 1.47. The molecule has 4 atom stereocenters. The first-order valence-electron chi connectivity index (χ1n) is 19.1. The van der Waals surface area contributed by atoms with E-state index in [2.05, 4.69) is 45.0 Å². The van der Waals surface area contributed by atoms with Gasteiger partial charge in [-0.05, 0) is 54.7 Å². The summed E-state index contributed by atoms with van der Waals surface area (Å²) in [6.45, 7) is 14.3. The molecule has 0 saturated carbocycles. The molecule has 1 fully saturated rings. The third-order valence-corrected chi connectivity index (χ3v) is 15.3. The Kier molecular flexibility index (Phi) is 13.9. The lowest BCUT2D eigenvalue weighted by Gasteiger charge is -2.45. The van der Waals surface area contributed by atoms with Gasteiger partial charge in [-0.3, -0.25) is 4.90 Å². The minimum absolute atomic E-state index is 0.0679. The monoisotopic (exact) mass is 785 g/mol. The second-order valence-corrected chi connectivity index (χ2v) is 20.5. The standard InChI is InChI=1S/C45H59NO9Si/c1-31-37(50-9)26-35(42(41(31)51-10)53-30-49-8)36(29-54-56(45(5,6)7,33-22-16-12-17-23-33)34-24-18-13-19-25-34)39-40(47)38(52-28-32-20-14-11-15-21-32)27-46(39)43(48)55-44(2,3)4/h11-26,36,38-40,47H,27-30H2,1-10H3/t36-,38-,39+,40-/m1/s1. The smallest absolute Gasteiger partial charge is 0.410 e. The number of aliphatic hydroxyl groups is 1. The van der Waals surface area contributed by atoms with Gasteiger partial charge in [0.25, 0.3) is 8.32 Å². The lowest BCUT2D eigenvalue weighted by molar-refractivity contribution is -0.0306. The zero-order valence-corrected chi connectivity index (χ0v) is 35.5. The molecule has 0 bridgehead atoms. The van der Waals surface area contributed by atoms with Gasteiger partial charge in [0.15, 0.2) is 18.3 Å². The Morgan fingerprint density at radius 2 is 1.41 bits per heavy atom. The van der Waals surface area contributed by atoms with Crippen LogP contribution in [-0.2, 0) is 25.2 Å². The lowest BCUT2D eigenvalue weighted by atomic mass is 9.87. The molecular formula is C45H59NO9Si. The highest BCUT2D eigenvalue weighted by Crippen LogP contribution is 2.48. The van der Waals surface area contributed by atoms with Crippen molar-refractivity contribution in [1.82, 2.24) is 4.90 Å². The van der Waals surface area contributed by atoms with Gasteiger partial charge in [0.05, 0.1) is 33.4 Å². The maximum atomic E-state index is 14.3. The third-order valence-electron chi connectivity index (χ3n) is 10.3. The van der Waals surface area contributed by atoms with Crippen LogP contribution in [0.15, 0.2) is 97.1 Å². The summed E-state index contributed by atoms with van der Waals surface area (Å²) in [6, 6.07) is 31.5. The number of carbonyl (C=O) groups excluding carboxylic acids is 1. The van der Waals surface area contributed by atoms with Crippen molar-refractivity contribution in [1.29, 1.82) is 0 Å². The number of benzene rings is 4. The quantitative estimate of drug-likeness (QED) is 0.0989. The van der Waals surface area contributed by atoms with Gasteiger partial charge in [-0.15, -0.1) is 0 Å². The van der Waals surface area contributed by atoms with E-state index in [-0.39, 0.29) is 31.6 Å². The van der Waals surface area contributed by atoms with E-state index in [1.54, 1.807) is 26.2 Å². The van der Waals surface area contributed by atoms with Crippen molar-refractivity contribution in [3.05, 3.63) is 114 Å². The molecule has 1 amide bonds. The van der Waals surface area contributed by atoms with Crippen LogP contribution in [0.2, 0.25) is 5.04 Å². The fourth-order valence-corrected chi connectivity index (χ4v) is 12.4. The molecule has 1 saturated heterocycles. The van der Waals surface area contributed by atoms with Crippen LogP contribution in [0.1, 0.15) is 64.2 Å². The molecule has 4 aromatic carbocycles. The number of nitrogens with zero attached hydrogens (tertiary/aromatic N) is 1. The first kappa shape index (κ1) is 42.7. The topological polar surface area (TPSA) is 105 Å². The highest BCUT2D eigenvalue weighted by molar-refractivity contribution is 6.99. The molecule has 0 aromatic heterocycles. The maximum absolute atomic E-state index is 14.3. The second-order valence-electron chi connectivity index (χ2n) is 16.2. The van der Waals surface area contributed by atoms with Crippen LogP contribution in [0, 0.1) is 6.92 Å². The average Bonchev–Trinajstić information content (AvgIpc) is 3.50. The molecule has 1 N–H and O–H groups in total. The summed E-state index contributed by atoms with van der Waals surface area (Å²) in [5.74, 6) is 0.665. The van der Waals surface area contributed by atoms with Crippen LogP contribution < -0.4 is 24.6 Å². The van der Waals surface area contributed by atoms with Crippen molar-refractivity contribution in [3.63, 3.8) is 0 Å². The molecule has 1 heterocycles. The van der Waals surface area contributed by atoms with Gasteiger partial charge in [0, 0.05) is 30.8 Å². The van der Waals surface area contributed by atoms with E-state index in [1.807, 2.05) is 100 Å². The molecule has 0 aliphatic carbocycles. The molecule has 0 radical (unpaired) electrons. The molecule has 10 nitrogen and oxygen atoms in total. The molecule has 5 rings (SSSR count). The Bertz CT molecular complexity index is 1820. The van der Waals surface area contributed by atoms with Crippen LogP contribution in [-0.4, -0.2) is 89.5 Å². The molecule has 11 heteroatoms. The summed E-state index contributed by atoms with van der Waals surface area (Å²) in [6.07, 6.45) is -2.48. The number of hydrogen-bond acceptors (Lipinski definition) is 9. The van der Waals surface area contributed by atoms with Gasteiger partial charge in [0.1, 0.15) is 23.6 Å². The van der Waals surface area contributed by atoms with E-state index in [0.29, 0.717) is 22.8 Å². The van der Waals surface area contributed by atoms with Gasteiger partial charge >= 0.3 is 6.09 Å². The number of carbonyl (C=O) groups is 1. The number of methoxy groups -OCH3 is 3. The number of amides is 1. The van der Waals surface area contributed by atoms with E-state index in [4.69, 9.17) is 32.8 Å². The molecule has 0 unspecified atom stereocenters. The van der Waals surface area contributed by atoms with Gasteiger partial charge in [-0.2, -0.15) is 0 Å². The Balaban J connectivity index is 1.75. The first-order valence-corrected chi connectivity index (χ1v) is 21.0. The van der Waals surface area contributed by atoms with Crippen molar-refractivity contribution < 1.29 is 42.7 Å². The summed E-state index contributed by atoms with van der Waals surface area (Å²) >= 11 is 0. The fourth-order valence-electron chi connectivity index (χ4n) is 7.81. The molecule has 4 aromatic rings. The number of rotatable bonds is 15. The van der Waals surface area contributed by atoms with Gasteiger partial charge in [-0.25, -0.2) is 4.79 Å². The van der Waals surface area contributed by atoms with Gasteiger partial charge in [0.2, 0.25) is 0 Å². The van der Waals surface area contributed by atoms with E-state index in [9.17, 15) is 9.90 Å². The Morgan fingerprint density at radius 3 is 1.91 bits per heavy atom. The molecule has 302 valence electrons. The van der Waals surface area contributed by atoms with E-state index >= 15 is 0 Å². The van der Waals surface area contributed by atoms with Crippen molar-refractivity contribution in [2.45, 2.75) is 89.9 Å². The van der Waals surface area contributed by atoms with E-state index < -0.39 is 44.2 Å². The van der Waals surface area contributed by atoms with Crippen LogP contribution in [0.4, 0.5) is 4.79 Å². The number of ether oxygens (including phenoxy) is 6. The van der Waals surface area contributed by atoms with Crippen LogP contribution in [0.25, 0.3) is 0 Å². The molecule has 56 heavy (non-hydrogen) atoms. The SMILES string of the molecule is COCOc1c([C@@H](CO[Si](c2ccccc2)(c2ccccc2)C(C)(C)C)[C@H]2[C@H](O)[C@H](OCc3ccccc3)CN2C(=O)OC(C)(C)C)cc(OC)c(C)c1OC. The van der Waals surface area contributed by atoms with Crippen LogP contribution in [0.5, 0.6) is 17.2 Å². The zero-order chi connectivity index (χ0) is 40.7.